The molecule has 15 heteroatoms. The number of nitrogens with one attached hydrogen (secondary N) is 3. The van der Waals surface area contributed by atoms with Gasteiger partial charge in [-0.25, -0.2) is 14.3 Å². The van der Waals surface area contributed by atoms with Crippen molar-refractivity contribution in [2.75, 3.05) is 10.6 Å². The Labute approximate surface area is 242 Å². The van der Waals surface area contributed by atoms with E-state index in [1.54, 1.807) is 18.3 Å². The topological polar surface area (TPSA) is 194 Å². The molecule has 0 aliphatic rings. The summed E-state index contributed by atoms with van der Waals surface area (Å²) in [6.07, 6.45) is 1.95. The van der Waals surface area contributed by atoms with Gasteiger partial charge in [-0.3, -0.25) is 29.0 Å². The zero-order valence-corrected chi connectivity index (χ0v) is 23.2. The van der Waals surface area contributed by atoms with Crippen molar-refractivity contribution < 1.29 is 24.3 Å². The number of aromatic nitrogens is 4. The van der Waals surface area contributed by atoms with Crippen molar-refractivity contribution in [1.29, 1.82) is 0 Å². The van der Waals surface area contributed by atoms with Crippen LogP contribution in [-0.4, -0.2) is 53.1 Å². The SMILES string of the molecule is C[C@H](C(=O)N[C@@H](CC(=O)O)C(=O)S)n1c(=O)c(NC(=O)c2ccc(Nc3cnc4ccccc4n3)cc2)cn(C)c1=O. The number of fused-ring (bicyclic) bond motifs is 1. The minimum atomic E-state index is -1.48. The first-order valence-corrected chi connectivity index (χ1v) is 12.9. The zero-order chi connectivity index (χ0) is 30.6. The van der Waals surface area contributed by atoms with Crippen LogP contribution >= 0.6 is 12.6 Å². The highest BCUT2D eigenvalue weighted by Gasteiger charge is 2.27. The summed E-state index contributed by atoms with van der Waals surface area (Å²) in [6, 6.07) is 10.8. The second-order valence-electron chi connectivity index (χ2n) is 9.19. The van der Waals surface area contributed by atoms with Crippen molar-refractivity contribution in [2.45, 2.75) is 25.4 Å². The predicted molar refractivity (Wildman–Crippen MR) is 156 cm³/mol. The first kappa shape index (κ1) is 29.7. The summed E-state index contributed by atoms with van der Waals surface area (Å²) >= 11 is 3.58. The lowest BCUT2D eigenvalue weighted by molar-refractivity contribution is -0.139. The normalized spacial score (nSPS) is 12.3. The van der Waals surface area contributed by atoms with Gasteiger partial charge >= 0.3 is 11.7 Å². The van der Waals surface area contributed by atoms with Crippen molar-refractivity contribution in [3.63, 3.8) is 0 Å². The maximum Gasteiger partial charge on any atom is 0.331 e. The van der Waals surface area contributed by atoms with Crippen molar-refractivity contribution in [1.82, 2.24) is 24.4 Å². The molecular formula is C27H25N7O7S. The number of amides is 2. The van der Waals surface area contributed by atoms with Crippen LogP contribution in [0.25, 0.3) is 11.0 Å². The molecule has 0 spiro atoms. The molecule has 0 saturated carbocycles. The Balaban J connectivity index is 1.51. The van der Waals surface area contributed by atoms with Crippen LogP contribution < -0.4 is 27.2 Å². The number of benzene rings is 2. The van der Waals surface area contributed by atoms with Gasteiger partial charge in [0.2, 0.25) is 11.0 Å². The number of aryl methyl sites for hydroxylation is 1. The molecule has 2 aromatic carbocycles. The van der Waals surface area contributed by atoms with Gasteiger partial charge in [-0.15, -0.1) is 12.6 Å². The van der Waals surface area contributed by atoms with E-state index >= 15 is 0 Å². The van der Waals surface area contributed by atoms with Crippen LogP contribution in [0.2, 0.25) is 0 Å². The maximum atomic E-state index is 13.2. The lowest BCUT2D eigenvalue weighted by Crippen LogP contribution is -2.49. The lowest BCUT2D eigenvalue weighted by Gasteiger charge is -2.19. The fourth-order valence-corrected chi connectivity index (χ4v) is 4.12. The van der Waals surface area contributed by atoms with Crippen molar-refractivity contribution in [3.8, 4) is 0 Å². The molecule has 0 unspecified atom stereocenters. The summed E-state index contributed by atoms with van der Waals surface area (Å²) in [7, 11) is 1.32. The number of carboxylic acid groups (broad SMARTS) is 1. The van der Waals surface area contributed by atoms with Gasteiger partial charge < -0.3 is 25.6 Å². The predicted octanol–water partition coefficient (Wildman–Crippen LogP) is 1.46. The maximum absolute atomic E-state index is 13.2. The van der Waals surface area contributed by atoms with Gasteiger partial charge in [-0.2, -0.15) is 0 Å². The highest BCUT2D eigenvalue weighted by Crippen LogP contribution is 2.18. The molecule has 2 atom stereocenters. The minimum Gasteiger partial charge on any atom is -0.481 e. The molecule has 0 bridgehead atoms. The molecular weight excluding hydrogens is 566 g/mol. The summed E-state index contributed by atoms with van der Waals surface area (Å²) < 4.78 is 1.58. The van der Waals surface area contributed by atoms with Crippen LogP contribution in [0.1, 0.15) is 29.7 Å². The number of rotatable bonds is 10. The third-order valence-electron chi connectivity index (χ3n) is 6.16. The van der Waals surface area contributed by atoms with E-state index in [2.05, 4.69) is 38.5 Å². The number of hydrogen-bond donors (Lipinski definition) is 5. The molecule has 4 N–H and O–H groups in total. The smallest absolute Gasteiger partial charge is 0.331 e. The Hall–Kier alpha value is -5.31. The average molecular weight is 592 g/mol. The molecule has 14 nitrogen and oxygen atoms in total. The van der Waals surface area contributed by atoms with Crippen LogP contribution in [0.4, 0.5) is 17.2 Å². The number of para-hydroxylation sites is 2. The number of anilines is 3. The quantitative estimate of drug-likeness (QED) is 0.169. The number of carbonyl (C=O) groups is 4. The van der Waals surface area contributed by atoms with Crippen molar-refractivity contribution >= 4 is 63.8 Å². The monoisotopic (exact) mass is 591 g/mol. The second kappa shape index (κ2) is 12.5. The number of aliphatic carboxylic acids is 1. The summed E-state index contributed by atoms with van der Waals surface area (Å²) in [6.45, 7) is 1.22. The fourth-order valence-electron chi connectivity index (χ4n) is 3.97. The van der Waals surface area contributed by atoms with Crippen LogP contribution in [0.15, 0.2) is 70.5 Å². The third-order valence-corrected chi connectivity index (χ3v) is 6.47. The number of thiol groups is 1. The van der Waals surface area contributed by atoms with Crippen LogP contribution in [0.5, 0.6) is 0 Å². The molecule has 0 aliphatic carbocycles. The Morgan fingerprint density at radius 3 is 2.33 bits per heavy atom. The van der Waals surface area contributed by atoms with E-state index in [1.165, 1.54) is 26.1 Å². The first-order valence-electron chi connectivity index (χ1n) is 12.4. The van der Waals surface area contributed by atoms with Crippen LogP contribution in [0, 0.1) is 0 Å². The number of carboxylic acids is 1. The number of hydrogen-bond acceptors (Lipinski definition) is 9. The Morgan fingerprint density at radius 2 is 1.69 bits per heavy atom. The highest BCUT2D eigenvalue weighted by atomic mass is 32.1. The molecule has 0 fully saturated rings. The van der Waals surface area contributed by atoms with Gasteiger partial charge in [0.15, 0.2) is 0 Å². The minimum absolute atomic E-state index is 0.194. The molecule has 216 valence electrons. The molecule has 0 saturated heterocycles. The van der Waals surface area contributed by atoms with Gasteiger partial charge in [0.25, 0.3) is 11.5 Å². The van der Waals surface area contributed by atoms with E-state index in [0.29, 0.717) is 21.6 Å². The largest absolute Gasteiger partial charge is 0.481 e. The molecule has 2 aromatic heterocycles. The summed E-state index contributed by atoms with van der Waals surface area (Å²) in [5.74, 6) is -2.48. The molecule has 42 heavy (non-hydrogen) atoms. The third kappa shape index (κ3) is 6.69. The van der Waals surface area contributed by atoms with E-state index in [9.17, 15) is 28.8 Å². The standard InChI is InChI=1S/C27H25N7O7S/c1-14(23(37)31-19(26(40)42)11-22(35)36)34-25(39)20(13-33(2)27(34)41)32-24(38)15-7-9-16(10-8-15)29-21-12-28-17-5-3-4-6-18(17)30-21/h3-10,12-14,19H,11H2,1-2H3,(H,29,30)(H,31,37)(H,32,38)(H,35,36)(H,40,42)/t14-,19+/m1/s1. The average Bonchev–Trinajstić information content (AvgIpc) is 2.95. The van der Waals surface area contributed by atoms with E-state index < -0.39 is 52.7 Å². The van der Waals surface area contributed by atoms with Gasteiger partial charge in [0.05, 0.1) is 23.7 Å². The lowest BCUT2D eigenvalue weighted by atomic mass is 10.2. The molecule has 4 aromatic rings. The number of carbonyl (C=O) groups excluding carboxylic acids is 3. The van der Waals surface area contributed by atoms with E-state index in [-0.39, 0.29) is 11.3 Å². The van der Waals surface area contributed by atoms with E-state index in [0.717, 1.165) is 16.3 Å². The number of nitrogens with zero attached hydrogens (tertiary/aromatic N) is 4. The highest BCUT2D eigenvalue weighted by molar-refractivity contribution is 7.96. The fraction of sp³-hybridized carbons (Fsp3) is 0.185. The van der Waals surface area contributed by atoms with Gasteiger partial charge in [0, 0.05) is 24.5 Å². The van der Waals surface area contributed by atoms with Gasteiger partial charge in [-0.05, 0) is 43.3 Å². The molecule has 4 rings (SSSR count). The van der Waals surface area contributed by atoms with E-state index in [1.807, 2.05) is 24.3 Å². The summed E-state index contributed by atoms with van der Waals surface area (Å²) in [5.41, 5.74) is 0.138. The summed E-state index contributed by atoms with van der Waals surface area (Å²) in [5, 5.41) is 15.8. The first-order chi connectivity index (χ1) is 19.9. The Kier molecular flexibility index (Phi) is 8.81. The van der Waals surface area contributed by atoms with Crippen LogP contribution in [0.3, 0.4) is 0 Å². The van der Waals surface area contributed by atoms with Gasteiger partial charge in [-0.1, -0.05) is 12.1 Å². The summed E-state index contributed by atoms with van der Waals surface area (Å²) in [4.78, 5) is 83.0. The van der Waals surface area contributed by atoms with Crippen molar-refractivity contribution in [2.24, 2.45) is 7.05 Å². The second-order valence-corrected chi connectivity index (χ2v) is 9.63. The van der Waals surface area contributed by atoms with E-state index in [4.69, 9.17) is 5.11 Å². The van der Waals surface area contributed by atoms with Gasteiger partial charge in [0.1, 0.15) is 23.6 Å². The van der Waals surface area contributed by atoms with Crippen LogP contribution in [-0.2, 0) is 21.4 Å². The molecule has 2 heterocycles. The molecule has 0 radical (unpaired) electrons. The van der Waals surface area contributed by atoms with Crippen molar-refractivity contribution in [3.05, 3.63) is 87.3 Å². The Morgan fingerprint density at radius 1 is 1.02 bits per heavy atom. The molecule has 2 amide bonds. The molecule has 0 aliphatic heterocycles. The Bertz CT molecular complexity index is 1820. The zero-order valence-electron chi connectivity index (χ0n) is 22.3.